The number of hydrogen-bond acceptors (Lipinski definition) is 6. The lowest BCUT2D eigenvalue weighted by Crippen LogP contribution is -2.37. The van der Waals surface area contributed by atoms with Gasteiger partial charge >= 0.3 is 0 Å². The van der Waals surface area contributed by atoms with Crippen LogP contribution in [0.15, 0.2) is 36.5 Å². The first-order chi connectivity index (χ1) is 16.6. The Hall–Kier alpha value is -2.93. The monoisotopic (exact) mass is 461 g/mol. The second kappa shape index (κ2) is 8.69. The zero-order chi connectivity index (χ0) is 23.2. The van der Waals surface area contributed by atoms with Crippen molar-refractivity contribution in [1.29, 1.82) is 0 Å². The number of rotatable bonds is 4. The van der Waals surface area contributed by atoms with Crippen LogP contribution in [0.25, 0.3) is 22.2 Å². The van der Waals surface area contributed by atoms with Crippen LogP contribution in [0.4, 0.5) is 15.9 Å². The highest BCUT2D eigenvalue weighted by atomic mass is 19.1. The Balaban J connectivity index is 1.41. The van der Waals surface area contributed by atoms with Crippen LogP contribution in [-0.2, 0) is 0 Å². The predicted molar refractivity (Wildman–Crippen MR) is 134 cm³/mol. The van der Waals surface area contributed by atoms with E-state index in [0.717, 1.165) is 72.9 Å². The first-order valence-electron chi connectivity index (χ1n) is 12.4. The normalized spacial score (nSPS) is 23.0. The highest BCUT2D eigenvalue weighted by Gasteiger charge is 2.37. The third-order valence-corrected chi connectivity index (χ3v) is 7.88. The molecule has 3 aliphatic heterocycles. The summed E-state index contributed by atoms with van der Waals surface area (Å²) in [5.74, 6) is 2.24. The Bertz CT molecular complexity index is 1190. The molecule has 0 spiro atoms. The fraction of sp³-hybridized carbons (Fsp3) is 0.481. The lowest BCUT2D eigenvalue weighted by atomic mass is 9.89. The third-order valence-electron chi connectivity index (χ3n) is 7.88. The summed E-state index contributed by atoms with van der Waals surface area (Å²) in [6.45, 7) is 6.43. The molecule has 3 fully saturated rings. The number of benzene rings is 1. The van der Waals surface area contributed by atoms with E-state index < -0.39 is 0 Å². The van der Waals surface area contributed by atoms with Gasteiger partial charge in [-0.1, -0.05) is 0 Å². The summed E-state index contributed by atoms with van der Waals surface area (Å²) in [7, 11) is 3.71. The topological polar surface area (TPSA) is 44.7 Å². The van der Waals surface area contributed by atoms with Crippen LogP contribution in [0.3, 0.4) is 0 Å². The smallest absolute Gasteiger partial charge is 0.165 e. The number of hydrogen-bond donors (Lipinski definition) is 0. The van der Waals surface area contributed by atoms with Gasteiger partial charge in [0.2, 0.25) is 0 Å². The van der Waals surface area contributed by atoms with Crippen LogP contribution in [0.5, 0.6) is 5.75 Å². The number of pyridine rings is 2. The average Bonchev–Trinajstić information content (AvgIpc) is 3.53. The van der Waals surface area contributed by atoms with Gasteiger partial charge in [-0.05, 0) is 69.0 Å². The van der Waals surface area contributed by atoms with Gasteiger partial charge in [0.15, 0.2) is 11.6 Å². The van der Waals surface area contributed by atoms with Crippen molar-refractivity contribution >= 4 is 22.4 Å². The Labute approximate surface area is 200 Å². The van der Waals surface area contributed by atoms with Crippen molar-refractivity contribution in [3.8, 4) is 17.0 Å². The van der Waals surface area contributed by atoms with Crippen LogP contribution in [0.1, 0.15) is 19.3 Å². The molecular weight excluding hydrogens is 429 g/mol. The molecule has 1 aromatic carbocycles. The Kier molecular flexibility index (Phi) is 5.52. The molecule has 0 saturated carbocycles. The molecule has 5 heterocycles. The number of fused-ring (bicyclic) bond motifs is 2. The standard InChI is InChI=1S/C27H32FN5O/c1-31-10-7-19-16-33(17-20(19)15-31)25-12-23(30-24-13-26(34-2)22(28)11-21(24)25)18-5-6-27(29-14-18)32-8-3-4-9-32/h5-6,11-14,19-20H,3-4,7-10,15-17H2,1-2H3/t19-,20+/m0/s1. The number of piperidine rings is 1. The predicted octanol–water partition coefficient (Wildman–Crippen LogP) is 4.43. The Morgan fingerprint density at radius 2 is 1.79 bits per heavy atom. The maximum atomic E-state index is 14.8. The van der Waals surface area contributed by atoms with Gasteiger partial charge in [-0.2, -0.15) is 0 Å². The van der Waals surface area contributed by atoms with E-state index in [0.29, 0.717) is 11.8 Å². The zero-order valence-electron chi connectivity index (χ0n) is 20.0. The molecule has 3 aliphatic rings. The molecule has 6 nitrogen and oxygen atoms in total. The second-order valence-electron chi connectivity index (χ2n) is 10.1. The third kappa shape index (κ3) is 3.86. The van der Waals surface area contributed by atoms with Crippen LogP contribution in [-0.4, -0.2) is 68.3 Å². The maximum Gasteiger partial charge on any atom is 0.165 e. The fourth-order valence-corrected chi connectivity index (χ4v) is 5.99. The molecule has 3 saturated heterocycles. The Morgan fingerprint density at radius 3 is 2.56 bits per heavy atom. The minimum atomic E-state index is -0.348. The van der Waals surface area contributed by atoms with E-state index in [1.807, 2.05) is 6.20 Å². The van der Waals surface area contributed by atoms with Crippen molar-refractivity contribution in [2.75, 3.05) is 63.2 Å². The van der Waals surface area contributed by atoms with Crippen LogP contribution in [0, 0.1) is 17.7 Å². The van der Waals surface area contributed by atoms with Crippen molar-refractivity contribution in [1.82, 2.24) is 14.9 Å². The average molecular weight is 462 g/mol. The van der Waals surface area contributed by atoms with Gasteiger partial charge in [0.1, 0.15) is 5.82 Å². The lowest BCUT2D eigenvalue weighted by Gasteiger charge is -2.31. The molecule has 34 heavy (non-hydrogen) atoms. The van der Waals surface area contributed by atoms with Crippen molar-refractivity contribution in [3.63, 3.8) is 0 Å². The number of ether oxygens (including phenoxy) is 1. The van der Waals surface area contributed by atoms with E-state index in [2.05, 4.69) is 39.9 Å². The van der Waals surface area contributed by atoms with Crippen LogP contribution >= 0.6 is 0 Å². The molecule has 7 heteroatoms. The maximum absolute atomic E-state index is 14.8. The first-order valence-corrected chi connectivity index (χ1v) is 12.4. The first kappa shape index (κ1) is 21.6. The van der Waals surface area contributed by atoms with Gasteiger partial charge in [0, 0.05) is 61.6 Å². The summed E-state index contributed by atoms with van der Waals surface area (Å²) in [4.78, 5) is 16.9. The van der Waals surface area contributed by atoms with Crippen molar-refractivity contribution in [3.05, 3.63) is 42.3 Å². The van der Waals surface area contributed by atoms with E-state index in [9.17, 15) is 4.39 Å². The number of anilines is 2. The lowest BCUT2D eigenvalue weighted by molar-refractivity contribution is 0.178. The molecule has 0 N–H and O–H groups in total. The number of nitrogens with zero attached hydrogens (tertiary/aromatic N) is 5. The molecule has 0 bridgehead atoms. The largest absolute Gasteiger partial charge is 0.494 e. The fourth-order valence-electron chi connectivity index (χ4n) is 5.99. The summed E-state index contributed by atoms with van der Waals surface area (Å²) in [5, 5.41) is 0.843. The molecule has 0 amide bonds. The number of aromatic nitrogens is 2. The van der Waals surface area contributed by atoms with Gasteiger partial charge in [0.05, 0.1) is 18.3 Å². The minimum Gasteiger partial charge on any atom is -0.494 e. The van der Waals surface area contributed by atoms with E-state index in [1.54, 1.807) is 12.1 Å². The molecule has 6 rings (SSSR count). The summed E-state index contributed by atoms with van der Waals surface area (Å²) in [6, 6.07) is 9.64. The van der Waals surface area contributed by atoms with Crippen molar-refractivity contribution in [2.24, 2.45) is 11.8 Å². The quantitative estimate of drug-likeness (QED) is 0.573. The summed E-state index contributed by atoms with van der Waals surface area (Å²) in [6.07, 6.45) is 5.60. The van der Waals surface area contributed by atoms with Crippen LogP contribution < -0.4 is 14.5 Å². The molecule has 0 aliphatic carbocycles. The number of halogens is 1. The molecule has 178 valence electrons. The van der Waals surface area contributed by atoms with Gasteiger partial charge in [-0.3, -0.25) is 0 Å². The summed E-state index contributed by atoms with van der Waals surface area (Å²) >= 11 is 0. The molecule has 2 atom stereocenters. The summed E-state index contributed by atoms with van der Waals surface area (Å²) < 4.78 is 20.0. The molecular formula is C27H32FN5O. The van der Waals surface area contributed by atoms with Gasteiger partial charge in [0.25, 0.3) is 0 Å². The minimum absolute atomic E-state index is 0.224. The number of methoxy groups -OCH3 is 1. The van der Waals surface area contributed by atoms with Crippen LogP contribution in [0.2, 0.25) is 0 Å². The van der Waals surface area contributed by atoms with Crippen molar-refractivity contribution in [2.45, 2.75) is 19.3 Å². The second-order valence-corrected chi connectivity index (χ2v) is 10.1. The van der Waals surface area contributed by atoms with E-state index in [1.165, 1.54) is 26.4 Å². The molecule has 0 radical (unpaired) electrons. The highest BCUT2D eigenvalue weighted by molar-refractivity contribution is 5.95. The van der Waals surface area contributed by atoms with E-state index in [4.69, 9.17) is 14.7 Å². The van der Waals surface area contributed by atoms with Gasteiger partial charge in [-0.25, -0.2) is 14.4 Å². The molecule has 3 aromatic rings. The van der Waals surface area contributed by atoms with Gasteiger partial charge < -0.3 is 19.4 Å². The van der Waals surface area contributed by atoms with E-state index in [-0.39, 0.29) is 11.6 Å². The van der Waals surface area contributed by atoms with Crippen molar-refractivity contribution < 1.29 is 9.13 Å². The van der Waals surface area contributed by atoms with Gasteiger partial charge in [-0.15, -0.1) is 0 Å². The molecule has 2 aromatic heterocycles. The molecule has 0 unspecified atom stereocenters. The zero-order valence-corrected chi connectivity index (χ0v) is 20.0. The summed E-state index contributed by atoms with van der Waals surface area (Å²) in [5.41, 5.74) is 3.65. The Morgan fingerprint density at radius 1 is 0.971 bits per heavy atom. The number of likely N-dealkylation sites (tertiary alicyclic amines) is 1. The SMILES string of the molecule is COc1cc2nc(-c3ccc(N4CCCC4)nc3)cc(N3C[C@H]4CN(C)CC[C@H]4C3)c2cc1F. The highest BCUT2D eigenvalue weighted by Crippen LogP contribution is 2.39. The van der Waals surface area contributed by atoms with E-state index >= 15 is 0 Å².